The zero-order chi connectivity index (χ0) is 12.9. The Morgan fingerprint density at radius 2 is 2.28 bits per heavy atom. The fourth-order valence-corrected chi connectivity index (χ4v) is 3.95. The van der Waals surface area contributed by atoms with Crippen molar-refractivity contribution in [1.29, 1.82) is 0 Å². The minimum absolute atomic E-state index is 0.00944. The summed E-state index contributed by atoms with van der Waals surface area (Å²) in [5, 5.41) is 16.4. The van der Waals surface area contributed by atoms with E-state index in [2.05, 4.69) is 47.8 Å². The minimum atomic E-state index is -0.0957. The number of aliphatic hydroxyl groups is 1. The smallest absolute Gasteiger partial charge is 0.0953 e. The molecular formula is C14H21N3O. The fourth-order valence-electron chi connectivity index (χ4n) is 3.95. The lowest BCUT2D eigenvalue weighted by Gasteiger charge is -2.51. The first-order chi connectivity index (χ1) is 8.65. The molecule has 0 saturated carbocycles. The van der Waals surface area contributed by atoms with E-state index in [1.54, 1.807) is 0 Å². The van der Waals surface area contributed by atoms with Crippen molar-refractivity contribution < 1.29 is 5.11 Å². The highest BCUT2D eigenvalue weighted by Gasteiger charge is 2.60. The van der Waals surface area contributed by atoms with Gasteiger partial charge in [0.25, 0.3) is 0 Å². The molecule has 4 nitrogen and oxygen atoms in total. The van der Waals surface area contributed by atoms with E-state index in [1.807, 2.05) is 0 Å². The van der Waals surface area contributed by atoms with Crippen molar-refractivity contribution >= 4 is 0 Å². The molecule has 3 aliphatic rings. The highest BCUT2D eigenvalue weighted by Crippen LogP contribution is 2.48. The molecule has 0 aromatic rings. The van der Waals surface area contributed by atoms with E-state index in [-0.39, 0.29) is 24.2 Å². The van der Waals surface area contributed by atoms with Gasteiger partial charge < -0.3 is 20.6 Å². The second-order valence-corrected chi connectivity index (χ2v) is 5.39. The molecule has 0 amide bonds. The summed E-state index contributed by atoms with van der Waals surface area (Å²) in [7, 11) is 0. The van der Waals surface area contributed by atoms with Crippen LogP contribution in [0, 0.1) is 5.92 Å². The molecule has 3 N–H and O–H groups in total. The SMILES string of the molecule is C=C1NC2[C@H](CO)NC(=C)N3CC=CC23C1CC. The van der Waals surface area contributed by atoms with Crippen LogP contribution < -0.4 is 10.6 Å². The van der Waals surface area contributed by atoms with Crippen LogP contribution in [0.4, 0.5) is 0 Å². The van der Waals surface area contributed by atoms with Crippen molar-refractivity contribution in [3.8, 4) is 0 Å². The third-order valence-corrected chi connectivity index (χ3v) is 4.64. The van der Waals surface area contributed by atoms with E-state index in [0.29, 0.717) is 5.92 Å². The minimum Gasteiger partial charge on any atom is -0.394 e. The third kappa shape index (κ3) is 1.19. The van der Waals surface area contributed by atoms with Crippen LogP contribution >= 0.6 is 0 Å². The Hall–Kier alpha value is -1.42. The summed E-state index contributed by atoms with van der Waals surface area (Å²) in [6.45, 7) is 11.5. The number of hydrogen-bond acceptors (Lipinski definition) is 4. The van der Waals surface area contributed by atoms with Crippen LogP contribution in [0.3, 0.4) is 0 Å². The molecule has 98 valence electrons. The van der Waals surface area contributed by atoms with E-state index < -0.39 is 0 Å². The second-order valence-electron chi connectivity index (χ2n) is 5.39. The largest absolute Gasteiger partial charge is 0.394 e. The van der Waals surface area contributed by atoms with Crippen LogP contribution in [0.1, 0.15) is 13.3 Å². The lowest BCUT2D eigenvalue weighted by atomic mass is 9.75. The van der Waals surface area contributed by atoms with Crippen LogP contribution in [0.25, 0.3) is 0 Å². The van der Waals surface area contributed by atoms with E-state index in [0.717, 1.165) is 24.5 Å². The number of hydrogen-bond donors (Lipinski definition) is 3. The number of rotatable bonds is 2. The van der Waals surface area contributed by atoms with Crippen LogP contribution in [0.15, 0.2) is 36.8 Å². The average molecular weight is 247 g/mol. The molecule has 0 aromatic heterocycles. The van der Waals surface area contributed by atoms with E-state index in [9.17, 15) is 5.11 Å². The average Bonchev–Trinajstić information content (AvgIpc) is 2.90. The van der Waals surface area contributed by atoms with Gasteiger partial charge in [-0.15, -0.1) is 0 Å². The monoisotopic (exact) mass is 247 g/mol. The Labute approximate surface area is 108 Å². The molecule has 3 rings (SSSR count). The Bertz CT molecular complexity index is 431. The lowest BCUT2D eigenvalue weighted by molar-refractivity contribution is 0.0632. The van der Waals surface area contributed by atoms with Gasteiger partial charge in [0, 0.05) is 18.2 Å². The molecule has 18 heavy (non-hydrogen) atoms. The molecule has 0 radical (unpaired) electrons. The van der Waals surface area contributed by atoms with Gasteiger partial charge in [-0.1, -0.05) is 32.2 Å². The van der Waals surface area contributed by atoms with Crippen molar-refractivity contribution in [2.45, 2.75) is 31.0 Å². The molecule has 3 aliphatic heterocycles. The van der Waals surface area contributed by atoms with Crippen molar-refractivity contribution in [2.75, 3.05) is 13.2 Å². The predicted octanol–water partition coefficient (Wildman–Crippen LogP) is 0.544. The molecule has 0 bridgehead atoms. The third-order valence-electron chi connectivity index (χ3n) is 4.64. The topological polar surface area (TPSA) is 47.5 Å². The van der Waals surface area contributed by atoms with Gasteiger partial charge in [0.05, 0.1) is 30.1 Å². The van der Waals surface area contributed by atoms with Crippen molar-refractivity contribution in [1.82, 2.24) is 15.5 Å². The van der Waals surface area contributed by atoms with Gasteiger partial charge in [0.1, 0.15) is 0 Å². The summed E-state index contributed by atoms with van der Waals surface area (Å²) in [4.78, 5) is 2.31. The molecule has 0 aromatic carbocycles. The number of aliphatic hydroxyl groups excluding tert-OH is 1. The van der Waals surface area contributed by atoms with E-state index >= 15 is 0 Å². The predicted molar refractivity (Wildman–Crippen MR) is 71.6 cm³/mol. The van der Waals surface area contributed by atoms with Gasteiger partial charge in [0.15, 0.2) is 0 Å². The van der Waals surface area contributed by atoms with Crippen LogP contribution in [0.5, 0.6) is 0 Å². The maximum atomic E-state index is 9.60. The summed E-state index contributed by atoms with van der Waals surface area (Å²) in [6.07, 6.45) is 5.52. The Morgan fingerprint density at radius 3 is 2.94 bits per heavy atom. The first-order valence-electron chi connectivity index (χ1n) is 6.62. The highest BCUT2D eigenvalue weighted by molar-refractivity contribution is 5.39. The quantitative estimate of drug-likeness (QED) is 0.624. The van der Waals surface area contributed by atoms with Crippen molar-refractivity contribution in [2.24, 2.45) is 5.92 Å². The number of nitrogens with zero attached hydrogens (tertiary/aromatic N) is 1. The molecule has 3 heterocycles. The Kier molecular flexibility index (Phi) is 2.45. The first-order valence-corrected chi connectivity index (χ1v) is 6.62. The summed E-state index contributed by atoms with van der Waals surface area (Å²) in [5.41, 5.74) is 0.982. The van der Waals surface area contributed by atoms with E-state index in [4.69, 9.17) is 0 Å². The molecule has 1 spiro atoms. The van der Waals surface area contributed by atoms with Gasteiger partial charge in [-0.3, -0.25) is 0 Å². The van der Waals surface area contributed by atoms with Crippen molar-refractivity contribution in [3.63, 3.8) is 0 Å². The molecule has 0 aliphatic carbocycles. The molecular weight excluding hydrogens is 226 g/mol. The van der Waals surface area contributed by atoms with E-state index in [1.165, 1.54) is 0 Å². The summed E-state index contributed by atoms with van der Waals surface area (Å²) < 4.78 is 0. The van der Waals surface area contributed by atoms with Crippen LogP contribution in [-0.2, 0) is 0 Å². The molecule has 4 heteroatoms. The zero-order valence-corrected chi connectivity index (χ0v) is 10.8. The summed E-state index contributed by atoms with van der Waals surface area (Å²) in [5.74, 6) is 1.28. The Morgan fingerprint density at radius 1 is 1.50 bits per heavy atom. The van der Waals surface area contributed by atoms with Gasteiger partial charge in [0.2, 0.25) is 0 Å². The Balaban J connectivity index is 2.10. The summed E-state index contributed by atoms with van der Waals surface area (Å²) >= 11 is 0. The lowest BCUT2D eigenvalue weighted by Crippen LogP contribution is -2.69. The first kappa shape index (κ1) is 11.7. The maximum absolute atomic E-state index is 9.60. The zero-order valence-electron chi connectivity index (χ0n) is 10.8. The van der Waals surface area contributed by atoms with Gasteiger partial charge in [-0.25, -0.2) is 0 Å². The number of nitrogens with one attached hydrogen (secondary N) is 2. The maximum Gasteiger partial charge on any atom is 0.0953 e. The van der Waals surface area contributed by atoms with Gasteiger partial charge >= 0.3 is 0 Å². The molecule has 3 unspecified atom stereocenters. The molecule has 4 atom stereocenters. The fraction of sp³-hybridized carbons (Fsp3) is 0.571. The second kappa shape index (κ2) is 3.79. The van der Waals surface area contributed by atoms with Crippen LogP contribution in [-0.4, -0.2) is 40.8 Å². The highest BCUT2D eigenvalue weighted by atomic mass is 16.3. The molecule has 2 saturated heterocycles. The van der Waals surface area contributed by atoms with Crippen LogP contribution in [0.2, 0.25) is 0 Å². The van der Waals surface area contributed by atoms with Crippen molar-refractivity contribution in [3.05, 3.63) is 36.8 Å². The van der Waals surface area contributed by atoms with Gasteiger partial charge in [-0.05, 0) is 6.42 Å². The molecule has 2 fully saturated rings. The summed E-state index contributed by atoms with van der Waals surface area (Å²) in [6, 6.07) is 0.147. The normalized spacial score (nSPS) is 41.4. The van der Waals surface area contributed by atoms with Gasteiger partial charge in [-0.2, -0.15) is 0 Å². The standard InChI is InChI=1S/C14H21N3O/c1-4-11-9(2)15-13-12(8-18)16-10(3)17-7-5-6-14(11,13)17/h5-6,11-13,15-16,18H,2-4,7-8H2,1H3/t11?,12-,13?,14?/m0/s1.